The molecule has 0 radical (unpaired) electrons. The van der Waals surface area contributed by atoms with Gasteiger partial charge >= 0.3 is 0 Å². The van der Waals surface area contributed by atoms with E-state index < -0.39 is 0 Å². The number of aryl methyl sites for hydroxylation is 2. The maximum absolute atomic E-state index is 12.9. The Labute approximate surface area is 198 Å². The van der Waals surface area contributed by atoms with E-state index in [0.717, 1.165) is 11.1 Å². The fourth-order valence-corrected chi connectivity index (χ4v) is 4.20. The molecule has 0 aliphatic rings. The van der Waals surface area contributed by atoms with Crippen LogP contribution in [0.15, 0.2) is 47.8 Å². The number of aromatic nitrogens is 4. The van der Waals surface area contributed by atoms with E-state index in [9.17, 15) is 9.59 Å². The Hall–Kier alpha value is -3.20. The Bertz CT molecular complexity index is 1130. The number of pyridine rings is 1. The Balaban J connectivity index is 1.72. The van der Waals surface area contributed by atoms with E-state index in [0.29, 0.717) is 28.9 Å². The van der Waals surface area contributed by atoms with Crippen molar-refractivity contribution < 1.29 is 9.59 Å². The van der Waals surface area contributed by atoms with Gasteiger partial charge in [-0.3, -0.25) is 9.59 Å². The van der Waals surface area contributed by atoms with Crippen LogP contribution in [0.5, 0.6) is 0 Å². The highest BCUT2D eigenvalue weighted by molar-refractivity contribution is 7.99. The highest BCUT2D eigenvalue weighted by atomic mass is 32.2. The summed E-state index contributed by atoms with van der Waals surface area (Å²) in [5.74, 6) is 1.19. The number of thioether (sulfide) groups is 1. The Morgan fingerprint density at radius 2 is 1.91 bits per heavy atom. The molecule has 8 nitrogen and oxygen atoms in total. The summed E-state index contributed by atoms with van der Waals surface area (Å²) >= 11 is 1.31. The van der Waals surface area contributed by atoms with E-state index in [1.54, 1.807) is 12.3 Å². The van der Waals surface area contributed by atoms with E-state index in [2.05, 4.69) is 25.8 Å². The van der Waals surface area contributed by atoms with Crippen LogP contribution in [-0.4, -0.2) is 37.3 Å². The predicted octanol–water partition coefficient (Wildman–Crippen LogP) is 4.17. The monoisotopic (exact) mass is 466 g/mol. The van der Waals surface area contributed by atoms with Crippen molar-refractivity contribution in [1.82, 2.24) is 25.1 Å². The number of nitrogens with one attached hydrogen (secondary N) is 2. The van der Waals surface area contributed by atoms with Crippen LogP contribution in [0.2, 0.25) is 0 Å². The molecule has 3 aromatic rings. The Kier molecular flexibility index (Phi) is 8.21. The average Bonchev–Trinajstić information content (AvgIpc) is 3.19. The van der Waals surface area contributed by atoms with Crippen LogP contribution in [0.1, 0.15) is 54.1 Å². The van der Waals surface area contributed by atoms with Crippen LogP contribution in [0.4, 0.5) is 5.82 Å². The molecule has 0 aliphatic carbocycles. The van der Waals surface area contributed by atoms with Gasteiger partial charge in [0, 0.05) is 18.3 Å². The lowest BCUT2D eigenvalue weighted by atomic mass is 10.0. The Morgan fingerprint density at radius 1 is 1.12 bits per heavy atom. The van der Waals surface area contributed by atoms with Gasteiger partial charge in [-0.05, 0) is 50.5 Å². The van der Waals surface area contributed by atoms with Gasteiger partial charge in [0.15, 0.2) is 11.0 Å². The second-order valence-corrected chi connectivity index (χ2v) is 9.10. The summed E-state index contributed by atoms with van der Waals surface area (Å²) in [6.07, 6.45) is 1.65. The molecule has 0 saturated carbocycles. The van der Waals surface area contributed by atoms with Crippen molar-refractivity contribution in [2.24, 2.45) is 5.92 Å². The first kappa shape index (κ1) is 24.4. The van der Waals surface area contributed by atoms with Gasteiger partial charge in [0.05, 0.1) is 11.8 Å². The van der Waals surface area contributed by atoms with E-state index in [1.807, 2.05) is 69.5 Å². The number of hydrogen-bond donors (Lipinski definition) is 2. The molecule has 0 spiro atoms. The normalized spacial score (nSPS) is 11.9. The van der Waals surface area contributed by atoms with Gasteiger partial charge in [-0.1, -0.05) is 49.4 Å². The SMILES string of the molecule is CCn1c(SCC(=O)Nc2ncccc2C)nnc1[C@@H](NC(=O)c1cccc(C)c1)C(C)C. The van der Waals surface area contributed by atoms with Crippen LogP contribution in [0, 0.1) is 19.8 Å². The first-order valence-electron chi connectivity index (χ1n) is 10.9. The third-order valence-corrected chi connectivity index (χ3v) is 6.14. The van der Waals surface area contributed by atoms with Crippen molar-refractivity contribution in [2.75, 3.05) is 11.1 Å². The summed E-state index contributed by atoms with van der Waals surface area (Å²) in [6, 6.07) is 10.9. The van der Waals surface area contributed by atoms with E-state index >= 15 is 0 Å². The molecule has 2 N–H and O–H groups in total. The molecule has 2 heterocycles. The molecule has 0 saturated heterocycles. The zero-order chi connectivity index (χ0) is 24.0. The quantitative estimate of drug-likeness (QED) is 0.459. The summed E-state index contributed by atoms with van der Waals surface area (Å²) in [5, 5.41) is 15.3. The van der Waals surface area contributed by atoms with E-state index in [-0.39, 0.29) is 29.5 Å². The number of benzene rings is 1. The molecule has 2 amide bonds. The van der Waals surface area contributed by atoms with Crippen LogP contribution in [0.25, 0.3) is 0 Å². The fourth-order valence-electron chi connectivity index (χ4n) is 3.39. The van der Waals surface area contributed by atoms with Crippen LogP contribution in [0.3, 0.4) is 0 Å². The highest BCUT2D eigenvalue weighted by Gasteiger charge is 2.26. The van der Waals surface area contributed by atoms with E-state index in [4.69, 9.17) is 0 Å². The Morgan fingerprint density at radius 3 is 2.58 bits per heavy atom. The van der Waals surface area contributed by atoms with Gasteiger partial charge in [0.25, 0.3) is 5.91 Å². The molecule has 9 heteroatoms. The van der Waals surface area contributed by atoms with Crippen molar-refractivity contribution in [3.8, 4) is 0 Å². The molecular weight excluding hydrogens is 436 g/mol. The van der Waals surface area contributed by atoms with Gasteiger partial charge in [0.2, 0.25) is 5.91 Å². The number of rotatable bonds is 9. The van der Waals surface area contributed by atoms with Crippen molar-refractivity contribution in [2.45, 2.75) is 52.4 Å². The number of nitrogens with zero attached hydrogens (tertiary/aromatic N) is 4. The third-order valence-electron chi connectivity index (χ3n) is 5.17. The number of hydrogen-bond acceptors (Lipinski definition) is 6. The predicted molar refractivity (Wildman–Crippen MR) is 130 cm³/mol. The highest BCUT2D eigenvalue weighted by Crippen LogP contribution is 2.26. The molecule has 3 rings (SSSR count). The summed E-state index contributed by atoms with van der Waals surface area (Å²) in [5.41, 5.74) is 2.54. The lowest BCUT2D eigenvalue weighted by molar-refractivity contribution is -0.113. The van der Waals surface area contributed by atoms with Crippen molar-refractivity contribution >= 4 is 29.4 Å². The number of carbonyl (C=O) groups is 2. The minimum absolute atomic E-state index is 0.0986. The summed E-state index contributed by atoms with van der Waals surface area (Å²) in [7, 11) is 0. The number of carbonyl (C=O) groups excluding carboxylic acids is 2. The molecule has 0 aliphatic heterocycles. The zero-order valence-corrected chi connectivity index (χ0v) is 20.4. The molecule has 0 fully saturated rings. The first-order valence-corrected chi connectivity index (χ1v) is 11.9. The maximum atomic E-state index is 12.9. The third kappa shape index (κ3) is 6.19. The lowest BCUT2D eigenvalue weighted by Crippen LogP contribution is -2.33. The number of anilines is 1. The average molecular weight is 467 g/mol. The van der Waals surface area contributed by atoms with Crippen molar-refractivity contribution in [3.05, 3.63) is 65.1 Å². The van der Waals surface area contributed by atoms with Crippen LogP contribution >= 0.6 is 11.8 Å². The molecule has 2 aromatic heterocycles. The molecule has 174 valence electrons. The largest absolute Gasteiger partial charge is 0.342 e. The van der Waals surface area contributed by atoms with Gasteiger partial charge in [-0.15, -0.1) is 10.2 Å². The van der Waals surface area contributed by atoms with E-state index in [1.165, 1.54) is 11.8 Å². The summed E-state index contributed by atoms with van der Waals surface area (Å²) in [6.45, 7) is 10.5. The maximum Gasteiger partial charge on any atom is 0.251 e. The molecular formula is C24H30N6O2S. The molecule has 1 aromatic carbocycles. The zero-order valence-electron chi connectivity index (χ0n) is 19.6. The number of amides is 2. The fraction of sp³-hybridized carbons (Fsp3) is 0.375. The first-order chi connectivity index (χ1) is 15.8. The van der Waals surface area contributed by atoms with Crippen LogP contribution < -0.4 is 10.6 Å². The topological polar surface area (TPSA) is 102 Å². The van der Waals surface area contributed by atoms with Gasteiger partial charge in [-0.2, -0.15) is 0 Å². The minimum atomic E-state index is -0.315. The van der Waals surface area contributed by atoms with Crippen LogP contribution in [-0.2, 0) is 11.3 Å². The smallest absolute Gasteiger partial charge is 0.251 e. The molecule has 33 heavy (non-hydrogen) atoms. The van der Waals surface area contributed by atoms with Crippen molar-refractivity contribution in [1.29, 1.82) is 0 Å². The van der Waals surface area contributed by atoms with Gasteiger partial charge < -0.3 is 15.2 Å². The minimum Gasteiger partial charge on any atom is -0.342 e. The molecule has 0 bridgehead atoms. The molecule has 1 atom stereocenters. The van der Waals surface area contributed by atoms with Gasteiger partial charge in [0.1, 0.15) is 5.82 Å². The van der Waals surface area contributed by atoms with Gasteiger partial charge in [-0.25, -0.2) is 4.98 Å². The summed E-state index contributed by atoms with van der Waals surface area (Å²) in [4.78, 5) is 29.5. The lowest BCUT2D eigenvalue weighted by Gasteiger charge is -2.22. The van der Waals surface area contributed by atoms with Crippen molar-refractivity contribution in [3.63, 3.8) is 0 Å². The molecule has 0 unspecified atom stereocenters. The summed E-state index contributed by atoms with van der Waals surface area (Å²) < 4.78 is 1.95. The second-order valence-electron chi connectivity index (χ2n) is 8.16. The standard InChI is InChI=1S/C24H30N6O2S/c1-6-30-22(20(15(2)3)27-23(32)18-11-7-9-16(4)13-18)28-29-24(30)33-14-19(31)26-21-17(5)10-8-12-25-21/h7-13,15,20H,6,14H2,1-5H3,(H,27,32)(H,25,26,31)/t20-/m0/s1. The second kappa shape index (κ2) is 11.1.